The Balaban J connectivity index is 1.46. The maximum Gasteiger partial charge on any atom is 0.309 e. The topological polar surface area (TPSA) is 26.3 Å². The summed E-state index contributed by atoms with van der Waals surface area (Å²) in [6.07, 6.45) is 1.94. The van der Waals surface area contributed by atoms with Crippen LogP contribution in [0.1, 0.15) is 17.5 Å². The molecule has 1 aliphatic carbocycles. The fraction of sp³-hybridized carbons (Fsp3) is 0.278. The zero-order valence-electron chi connectivity index (χ0n) is 11.4. The van der Waals surface area contributed by atoms with E-state index < -0.39 is 0 Å². The summed E-state index contributed by atoms with van der Waals surface area (Å²) in [6.45, 7) is 0.383. The van der Waals surface area contributed by atoms with Crippen molar-refractivity contribution in [3.63, 3.8) is 0 Å². The van der Waals surface area contributed by atoms with Gasteiger partial charge in [-0.05, 0) is 29.9 Å². The first-order valence-corrected chi connectivity index (χ1v) is 7.07. The van der Waals surface area contributed by atoms with Crippen LogP contribution in [0, 0.1) is 11.8 Å². The number of hydrogen-bond donors (Lipinski definition) is 0. The van der Waals surface area contributed by atoms with Crippen LogP contribution in [0.25, 0.3) is 0 Å². The average Bonchev–Trinajstić information content (AvgIpc) is 3.26. The van der Waals surface area contributed by atoms with E-state index in [1.165, 1.54) is 5.56 Å². The van der Waals surface area contributed by atoms with Crippen LogP contribution in [0.5, 0.6) is 0 Å². The number of hydrogen-bond acceptors (Lipinski definition) is 2. The van der Waals surface area contributed by atoms with E-state index in [-0.39, 0.29) is 11.9 Å². The van der Waals surface area contributed by atoms with Gasteiger partial charge in [0.15, 0.2) is 0 Å². The van der Waals surface area contributed by atoms with Gasteiger partial charge in [0.1, 0.15) is 6.61 Å². The summed E-state index contributed by atoms with van der Waals surface area (Å²) < 4.78 is 5.38. The van der Waals surface area contributed by atoms with Crippen molar-refractivity contribution in [1.29, 1.82) is 0 Å². The Hall–Kier alpha value is -2.09. The van der Waals surface area contributed by atoms with Gasteiger partial charge in [-0.1, -0.05) is 60.7 Å². The molecule has 2 nitrogen and oxygen atoms in total. The van der Waals surface area contributed by atoms with E-state index in [0.717, 1.165) is 18.4 Å². The number of ether oxygens (including phenoxy) is 1. The molecule has 20 heavy (non-hydrogen) atoms. The SMILES string of the molecule is O=C(OCc1ccccc1)[C@@H]1CC1Cc1ccccc1. The second kappa shape index (κ2) is 5.91. The highest BCUT2D eigenvalue weighted by Crippen LogP contribution is 2.42. The molecule has 1 aliphatic rings. The van der Waals surface area contributed by atoms with Crippen LogP contribution in [0.15, 0.2) is 60.7 Å². The third kappa shape index (κ3) is 3.27. The lowest BCUT2D eigenvalue weighted by molar-refractivity contribution is -0.146. The molecule has 3 rings (SSSR count). The minimum absolute atomic E-state index is 0.0465. The lowest BCUT2D eigenvalue weighted by Gasteiger charge is -2.04. The predicted molar refractivity (Wildman–Crippen MR) is 78.0 cm³/mol. The van der Waals surface area contributed by atoms with Crippen molar-refractivity contribution >= 4 is 5.97 Å². The summed E-state index contributed by atoms with van der Waals surface area (Å²) in [4.78, 5) is 12.0. The molecule has 102 valence electrons. The average molecular weight is 266 g/mol. The third-order valence-electron chi connectivity index (χ3n) is 3.79. The van der Waals surface area contributed by atoms with Gasteiger partial charge in [-0.15, -0.1) is 0 Å². The highest BCUT2D eigenvalue weighted by Gasteiger charge is 2.43. The number of rotatable bonds is 5. The van der Waals surface area contributed by atoms with Crippen LogP contribution in [0.4, 0.5) is 0 Å². The van der Waals surface area contributed by atoms with Gasteiger partial charge in [-0.2, -0.15) is 0 Å². The van der Waals surface area contributed by atoms with Gasteiger partial charge < -0.3 is 4.74 Å². The third-order valence-corrected chi connectivity index (χ3v) is 3.79. The molecule has 2 heteroatoms. The van der Waals surface area contributed by atoms with E-state index >= 15 is 0 Å². The zero-order chi connectivity index (χ0) is 13.8. The second-order valence-corrected chi connectivity index (χ2v) is 5.39. The van der Waals surface area contributed by atoms with Crippen molar-refractivity contribution in [2.24, 2.45) is 11.8 Å². The molecule has 0 heterocycles. The van der Waals surface area contributed by atoms with Crippen LogP contribution in [0.3, 0.4) is 0 Å². The summed E-state index contributed by atoms with van der Waals surface area (Å²) in [5.74, 6) is 0.509. The molecule has 1 unspecified atom stereocenters. The molecule has 1 fully saturated rings. The fourth-order valence-corrected chi connectivity index (χ4v) is 2.51. The monoisotopic (exact) mass is 266 g/mol. The summed E-state index contributed by atoms with van der Waals surface area (Å²) in [6, 6.07) is 20.2. The smallest absolute Gasteiger partial charge is 0.309 e. The highest BCUT2D eigenvalue weighted by molar-refractivity contribution is 5.75. The van der Waals surface area contributed by atoms with Gasteiger partial charge >= 0.3 is 5.97 Å². The van der Waals surface area contributed by atoms with Crippen LogP contribution >= 0.6 is 0 Å². The molecule has 0 N–H and O–H groups in total. The summed E-state index contributed by atoms with van der Waals surface area (Å²) in [5.41, 5.74) is 2.34. The standard InChI is InChI=1S/C18H18O2/c19-18(20-13-15-9-5-2-6-10-15)17-12-16(17)11-14-7-3-1-4-8-14/h1-10,16-17H,11-13H2/t16?,17-/m1/s1. The first-order chi connectivity index (χ1) is 9.83. The Labute approximate surface area is 119 Å². The van der Waals surface area contributed by atoms with Crippen molar-refractivity contribution < 1.29 is 9.53 Å². The fourth-order valence-electron chi connectivity index (χ4n) is 2.51. The molecule has 1 saturated carbocycles. The Morgan fingerprint density at radius 2 is 1.55 bits per heavy atom. The van der Waals surface area contributed by atoms with E-state index in [1.807, 2.05) is 48.5 Å². The highest BCUT2D eigenvalue weighted by atomic mass is 16.5. The summed E-state index contributed by atoms with van der Waals surface area (Å²) >= 11 is 0. The maximum atomic E-state index is 12.0. The van der Waals surface area contributed by atoms with Crippen LogP contribution in [-0.4, -0.2) is 5.97 Å². The molecule has 2 aromatic rings. The van der Waals surface area contributed by atoms with Crippen molar-refractivity contribution in [2.45, 2.75) is 19.4 Å². The van der Waals surface area contributed by atoms with Gasteiger partial charge in [0.25, 0.3) is 0 Å². The Morgan fingerprint density at radius 1 is 0.950 bits per heavy atom. The molecule has 0 spiro atoms. The number of esters is 1. The summed E-state index contributed by atoms with van der Waals surface area (Å²) in [7, 11) is 0. The summed E-state index contributed by atoms with van der Waals surface area (Å²) in [5, 5.41) is 0. The van der Waals surface area contributed by atoms with Crippen molar-refractivity contribution in [3.05, 3.63) is 71.8 Å². The van der Waals surface area contributed by atoms with Crippen molar-refractivity contribution in [2.75, 3.05) is 0 Å². The van der Waals surface area contributed by atoms with Crippen LogP contribution in [-0.2, 0) is 22.6 Å². The molecule has 0 aliphatic heterocycles. The molecule has 2 aromatic carbocycles. The largest absolute Gasteiger partial charge is 0.461 e. The van der Waals surface area contributed by atoms with Gasteiger partial charge in [-0.25, -0.2) is 0 Å². The van der Waals surface area contributed by atoms with Gasteiger partial charge in [0.2, 0.25) is 0 Å². The predicted octanol–water partition coefficient (Wildman–Crippen LogP) is 3.61. The first kappa shape index (κ1) is 12.9. The maximum absolute atomic E-state index is 12.0. The molecular formula is C18H18O2. The molecule has 0 radical (unpaired) electrons. The Morgan fingerprint density at radius 3 is 2.20 bits per heavy atom. The Bertz CT molecular complexity index is 562. The van der Waals surface area contributed by atoms with Crippen molar-refractivity contribution in [3.8, 4) is 0 Å². The zero-order valence-corrected chi connectivity index (χ0v) is 11.4. The van der Waals surface area contributed by atoms with Gasteiger partial charge in [0, 0.05) is 0 Å². The van der Waals surface area contributed by atoms with E-state index in [0.29, 0.717) is 12.5 Å². The quantitative estimate of drug-likeness (QED) is 0.773. The van der Waals surface area contributed by atoms with Gasteiger partial charge in [-0.3, -0.25) is 4.79 Å². The van der Waals surface area contributed by atoms with Crippen LogP contribution in [0.2, 0.25) is 0 Å². The van der Waals surface area contributed by atoms with E-state index in [4.69, 9.17) is 4.74 Å². The first-order valence-electron chi connectivity index (χ1n) is 7.07. The van der Waals surface area contributed by atoms with Crippen LogP contribution < -0.4 is 0 Å². The second-order valence-electron chi connectivity index (χ2n) is 5.39. The molecule has 0 saturated heterocycles. The minimum Gasteiger partial charge on any atom is -0.461 e. The molecule has 0 amide bonds. The number of carbonyl (C=O) groups is 1. The molecule has 0 bridgehead atoms. The normalized spacial score (nSPS) is 20.4. The van der Waals surface area contributed by atoms with Gasteiger partial charge in [0.05, 0.1) is 5.92 Å². The van der Waals surface area contributed by atoms with E-state index in [9.17, 15) is 4.79 Å². The molecule has 0 aromatic heterocycles. The number of carbonyl (C=O) groups excluding carboxylic acids is 1. The molecular weight excluding hydrogens is 248 g/mol. The molecule has 2 atom stereocenters. The Kier molecular flexibility index (Phi) is 3.82. The minimum atomic E-state index is -0.0465. The van der Waals surface area contributed by atoms with E-state index in [2.05, 4.69) is 12.1 Å². The van der Waals surface area contributed by atoms with Crippen molar-refractivity contribution in [1.82, 2.24) is 0 Å². The number of benzene rings is 2. The lowest BCUT2D eigenvalue weighted by Crippen LogP contribution is -2.08. The lowest BCUT2D eigenvalue weighted by atomic mass is 10.1. The van der Waals surface area contributed by atoms with E-state index in [1.54, 1.807) is 0 Å².